The fourth-order valence-corrected chi connectivity index (χ4v) is 2.25. The van der Waals surface area contributed by atoms with Gasteiger partial charge in [0.15, 0.2) is 5.69 Å². The predicted molar refractivity (Wildman–Crippen MR) is 63.0 cm³/mol. The molecule has 1 aliphatic rings. The summed E-state index contributed by atoms with van der Waals surface area (Å²) in [4.78, 5) is 13.2. The van der Waals surface area contributed by atoms with E-state index < -0.39 is 0 Å². The van der Waals surface area contributed by atoms with Crippen molar-refractivity contribution in [1.82, 2.24) is 20.3 Å². The second-order valence-electron chi connectivity index (χ2n) is 4.36. The minimum atomic E-state index is -0.286. The number of amides is 1. The van der Waals surface area contributed by atoms with Gasteiger partial charge in [0.2, 0.25) is 0 Å². The topological polar surface area (TPSA) is 118 Å². The van der Waals surface area contributed by atoms with E-state index in [9.17, 15) is 4.79 Å². The minimum absolute atomic E-state index is 0.115. The lowest BCUT2D eigenvalue weighted by Crippen LogP contribution is -2.42. The van der Waals surface area contributed by atoms with Gasteiger partial charge in [-0.2, -0.15) is 9.90 Å². The van der Waals surface area contributed by atoms with Gasteiger partial charge >= 0.3 is 0 Å². The van der Waals surface area contributed by atoms with Crippen LogP contribution in [0.25, 0.3) is 0 Å². The highest BCUT2D eigenvalue weighted by molar-refractivity contribution is 5.93. The van der Waals surface area contributed by atoms with E-state index in [-0.39, 0.29) is 29.4 Å². The van der Waals surface area contributed by atoms with Gasteiger partial charge in [-0.1, -0.05) is 11.6 Å². The van der Waals surface area contributed by atoms with Gasteiger partial charge in [0.25, 0.3) is 5.91 Å². The van der Waals surface area contributed by atoms with E-state index in [1.165, 1.54) is 11.0 Å². The summed E-state index contributed by atoms with van der Waals surface area (Å²) in [6.45, 7) is 0. The number of nitrogens with two attached hydrogens (primary N) is 1. The van der Waals surface area contributed by atoms with Crippen molar-refractivity contribution >= 4 is 11.7 Å². The lowest BCUT2D eigenvalue weighted by Gasteiger charge is -2.18. The van der Waals surface area contributed by atoms with Gasteiger partial charge in [-0.05, 0) is 12.8 Å². The Morgan fingerprint density at radius 2 is 2.44 bits per heavy atom. The molecule has 8 nitrogen and oxygen atoms in total. The SMILES string of the molecule is Cn1ncc(C(=O)NC2CCCC2C(N)=NO)n1. The van der Waals surface area contributed by atoms with Gasteiger partial charge in [0.05, 0.1) is 6.20 Å². The molecule has 1 aliphatic carbocycles. The number of carbonyl (C=O) groups excluding carboxylic acids is 1. The zero-order valence-corrected chi connectivity index (χ0v) is 10.1. The summed E-state index contributed by atoms with van der Waals surface area (Å²) in [5.41, 5.74) is 5.87. The molecule has 98 valence electrons. The number of hydrogen-bond donors (Lipinski definition) is 3. The lowest BCUT2D eigenvalue weighted by atomic mass is 10.0. The van der Waals surface area contributed by atoms with Crippen LogP contribution in [0.5, 0.6) is 0 Å². The number of hydrogen-bond acceptors (Lipinski definition) is 5. The Labute approximate surface area is 104 Å². The fraction of sp³-hybridized carbons (Fsp3) is 0.600. The standard InChI is InChI=1S/C10H16N6O2/c1-16-12-5-8(14-16)10(17)13-7-4-2-3-6(7)9(11)15-18/h5-7,18H,2-4H2,1H3,(H2,11,15)(H,13,17). The van der Waals surface area contributed by atoms with E-state index in [1.54, 1.807) is 7.05 Å². The Balaban J connectivity index is 2.03. The van der Waals surface area contributed by atoms with Crippen LogP contribution in [-0.2, 0) is 7.05 Å². The van der Waals surface area contributed by atoms with E-state index >= 15 is 0 Å². The van der Waals surface area contributed by atoms with E-state index in [4.69, 9.17) is 10.9 Å². The monoisotopic (exact) mass is 252 g/mol. The van der Waals surface area contributed by atoms with Gasteiger partial charge < -0.3 is 16.3 Å². The molecule has 2 atom stereocenters. The third kappa shape index (κ3) is 2.41. The van der Waals surface area contributed by atoms with Crippen molar-refractivity contribution in [3.05, 3.63) is 11.9 Å². The maximum Gasteiger partial charge on any atom is 0.273 e. The van der Waals surface area contributed by atoms with Gasteiger partial charge in [-0.3, -0.25) is 4.79 Å². The summed E-state index contributed by atoms with van der Waals surface area (Å²) in [5.74, 6) is -0.238. The molecule has 0 bridgehead atoms. The fourth-order valence-electron chi connectivity index (χ4n) is 2.25. The van der Waals surface area contributed by atoms with Crippen LogP contribution >= 0.6 is 0 Å². The molecule has 1 amide bonds. The molecule has 2 rings (SSSR count). The first kappa shape index (κ1) is 12.3. The van der Waals surface area contributed by atoms with Crippen LogP contribution in [0.1, 0.15) is 29.8 Å². The van der Waals surface area contributed by atoms with Crippen molar-refractivity contribution in [3.8, 4) is 0 Å². The highest BCUT2D eigenvalue weighted by atomic mass is 16.4. The first-order valence-corrected chi connectivity index (χ1v) is 5.76. The molecule has 8 heteroatoms. The molecule has 0 spiro atoms. The average molecular weight is 252 g/mol. The molecular weight excluding hydrogens is 236 g/mol. The third-order valence-corrected chi connectivity index (χ3v) is 3.16. The first-order valence-electron chi connectivity index (χ1n) is 5.76. The molecule has 18 heavy (non-hydrogen) atoms. The average Bonchev–Trinajstić information content (AvgIpc) is 2.97. The molecule has 2 unspecified atom stereocenters. The summed E-state index contributed by atoms with van der Waals surface area (Å²) in [6.07, 6.45) is 3.96. The van der Waals surface area contributed by atoms with Crippen molar-refractivity contribution in [2.45, 2.75) is 25.3 Å². The quantitative estimate of drug-likeness (QED) is 0.289. The zero-order chi connectivity index (χ0) is 13.1. The van der Waals surface area contributed by atoms with Gasteiger partial charge in [-0.25, -0.2) is 0 Å². The molecule has 1 heterocycles. The number of aromatic nitrogens is 3. The summed E-state index contributed by atoms with van der Waals surface area (Å²) >= 11 is 0. The molecule has 1 fully saturated rings. The minimum Gasteiger partial charge on any atom is -0.409 e. The van der Waals surface area contributed by atoms with Crippen molar-refractivity contribution in [2.24, 2.45) is 23.9 Å². The summed E-state index contributed by atoms with van der Waals surface area (Å²) < 4.78 is 0. The van der Waals surface area contributed by atoms with Crippen molar-refractivity contribution < 1.29 is 10.0 Å². The van der Waals surface area contributed by atoms with E-state index in [2.05, 4.69) is 20.7 Å². The molecule has 0 saturated heterocycles. The van der Waals surface area contributed by atoms with Crippen LogP contribution in [0.4, 0.5) is 0 Å². The molecule has 0 aliphatic heterocycles. The Hall–Kier alpha value is -2.12. The second kappa shape index (κ2) is 5.03. The van der Waals surface area contributed by atoms with Crippen molar-refractivity contribution in [3.63, 3.8) is 0 Å². The third-order valence-electron chi connectivity index (χ3n) is 3.16. The number of aryl methyl sites for hydroxylation is 1. The smallest absolute Gasteiger partial charge is 0.273 e. The molecule has 1 aromatic heterocycles. The Bertz CT molecular complexity index is 469. The molecule has 1 saturated carbocycles. The van der Waals surface area contributed by atoms with Gasteiger partial charge in [-0.15, -0.1) is 5.10 Å². The highest BCUT2D eigenvalue weighted by Gasteiger charge is 2.32. The van der Waals surface area contributed by atoms with Crippen molar-refractivity contribution in [2.75, 3.05) is 0 Å². The van der Waals surface area contributed by atoms with Crippen LogP contribution in [0.2, 0.25) is 0 Å². The number of carbonyl (C=O) groups is 1. The van der Waals surface area contributed by atoms with Crippen LogP contribution < -0.4 is 11.1 Å². The van der Waals surface area contributed by atoms with Gasteiger partial charge in [0.1, 0.15) is 5.84 Å². The molecular formula is C10H16N6O2. The lowest BCUT2D eigenvalue weighted by molar-refractivity contribution is 0.0927. The maximum atomic E-state index is 11.9. The Morgan fingerprint density at radius 3 is 3.06 bits per heavy atom. The number of rotatable bonds is 3. The number of amidine groups is 1. The zero-order valence-electron chi connectivity index (χ0n) is 10.1. The number of oxime groups is 1. The summed E-state index contributed by atoms with van der Waals surface area (Å²) in [5, 5.41) is 22.3. The largest absolute Gasteiger partial charge is 0.409 e. The summed E-state index contributed by atoms with van der Waals surface area (Å²) in [6, 6.07) is -0.115. The van der Waals surface area contributed by atoms with Crippen LogP contribution in [0.15, 0.2) is 11.4 Å². The number of nitrogens with one attached hydrogen (secondary N) is 1. The van der Waals surface area contributed by atoms with Crippen molar-refractivity contribution in [1.29, 1.82) is 0 Å². The second-order valence-corrected chi connectivity index (χ2v) is 4.36. The predicted octanol–water partition coefficient (Wildman–Crippen LogP) is -0.540. The summed E-state index contributed by atoms with van der Waals surface area (Å²) in [7, 11) is 1.64. The first-order chi connectivity index (χ1) is 8.61. The Kier molecular flexibility index (Phi) is 3.45. The van der Waals surface area contributed by atoms with Crippen LogP contribution in [0.3, 0.4) is 0 Å². The molecule has 4 N–H and O–H groups in total. The van der Waals surface area contributed by atoms with Gasteiger partial charge in [0, 0.05) is 19.0 Å². The molecule has 0 radical (unpaired) electrons. The normalized spacial score (nSPS) is 24.2. The molecule has 0 aromatic carbocycles. The van der Waals surface area contributed by atoms with E-state index in [1.807, 2.05) is 0 Å². The molecule has 1 aromatic rings. The van der Waals surface area contributed by atoms with E-state index in [0.717, 1.165) is 19.3 Å². The Morgan fingerprint density at radius 1 is 1.67 bits per heavy atom. The van der Waals surface area contributed by atoms with E-state index in [0.29, 0.717) is 0 Å². The van der Waals surface area contributed by atoms with Crippen LogP contribution in [-0.4, -0.2) is 38.0 Å². The highest BCUT2D eigenvalue weighted by Crippen LogP contribution is 2.25. The van der Waals surface area contributed by atoms with Crippen LogP contribution in [0, 0.1) is 5.92 Å². The number of nitrogens with zero attached hydrogens (tertiary/aromatic N) is 4. The maximum absolute atomic E-state index is 11.9.